The van der Waals surface area contributed by atoms with E-state index in [0.717, 1.165) is 35.6 Å². The first kappa shape index (κ1) is 13.9. The first-order valence-electron chi connectivity index (χ1n) is 8.44. The van der Waals surface area contributed by atoms with Crippen LogP contribution in [0.5, 0.6) is 11.5 Å². The summed E-state index contributed by atoms with van der Waals surface area (Å²) in [5.41, 5.74) is 3.82. The molecule has 6 nitrogen and oxygen atoms in total. The number of ether oxygens (including phenoxy) is 2. The molecule has 5 rings (SSSR count). The normalized spacial score (nSPS) is 26.0. The molecule has 0 radical (unpaired) electrons. The number of aromatic amines is 1. The number of nitrogens with one attached hydrogen (secondary N) is 2. The summed E-state index contributed by atoms with van der Waals surface area (Å²) in [7, 11) is 1.62. The number of amides is 1. The predicted octanol–water partition coefficient (Wildman–Crippen LogP) is 2.33. The van der Waals surface area contributed by atoms with Crippen molar-refractivity contribution in [2.75, 3.05) is 13.7 Å². The third-order valence-corrected chi connectivity index (χ3v) is 5.44. The molecule has 124 valence electrons. The van der Waals surface area contributed by atoms with Gasteiger partial charge in [-0.1, -0.05) is 12.1 Å². The van der Waals surface area contributed by atoms with Gasteiger partial charge in [-0.25, -0.2) is 0 Å². The van der Waals surface area contributed by atoms with E-state index in [1.54, 1.807) is 7.11 Å². The van der Waals surface area contributed by atoms with Crippen molar-refractivity contribution in [3.63, 3.8) is 0 Å². The summed E-state index contributed by atoms with van der Waals surface area (Å²) in [4.78, 5) is 12.8. The molecule has 6 heteroatoms. The Balaban J connectivity index is 1.41. The Morgan fingerprint density at radius 2 is 2.38 bits per heavy atom. The third kappa shape index (κ3) is 1.95. The molecule has 1 aromatic heterocycles. The number of rotatable bonds is 3. The molecular formula is C18H19N3O3. The molecular weight excluding hydrogens is 306 g/mol. The number of carbonyl (C=O) groups excluding carboxylic acids is 1. The average Bonchev–Trinajstić information content (AvgIpc) is 3.08. The minimum absolute atomic E-state index is 0.0837. The fraction of sp³-hybridized carbons (Fsp3) is 0.444. The number of methoxy groups -OCH3 is 1. The highest BCUT2D eigenvalue weighted by atomic mass is 16.5. The van der Waals surface area contributed by atoms with E-state index in [2.05, 4.69) is 15.5 Å². The molecule has 2 aromatic rings. The molecule has 1 amide bonds. The minimum atomic E-state index is -0.102. The van der Waals surface area contributed by atoms with Crippen LogP contribution in [0.4, 0.5) is 0 Å². The Kier molecular flexibility index (Phi) is 2.89. The van der Waals surface area contributed by atoms with Crippen LogP contribution in [0.25, 0.3) is 0 Å². The molecule has 1 fully saturated rings. The van der Waals surface area contributed by atoms with Crippen LogP contribution in [0.1, 0.15) is 52.1 Å². The van der Waals surface area contributed by atoms with Gasteiger partial charge in [-0.3, -0.25) is 9.89 Å². The van der Waals surface area contributed by atoms with E-state index >= 15 is 0 Å². The molecule has 24 heavy (non-hydrogen) atoms. The quantitative estimate of drug-likeness (QED) is 0.908. The van der Waals surface area contributed by atoms with Crippen molar-refractivity contribution >= 4 is 5.91 Å². The molecule has 1 unspecified atom stereocenters. The molecule has 1 aliphatic heterocycles. The number of nitrogens with zero attached hydrogens (tertiary/aromatic N) is 1. The molecule has 3 atom stereocenters. The molecule has 2 heterocycles. The zero-order chi connectivity index (χ0) is 16.3. The maximum absolute atomic E-state index is 12.8. The van der Waals surface area contributed by atoms with E-state index < -0.39 is 0 Å². The summed E-state index contributed by atoms with van der Waals surface area (Å²) >= 11 is 0. The van der Waals surface area contributed by atoms with Gasteiger partial charge in [-0.15, -0.1) is 0 Å². The van der Waals surface area contributed by atoms with Gasteiger partial charge in [0, 0.05) is 29.2 Å². The number of benzene rings is 1. The highest BCUT2D eigenvalue weighted by molar-refractivity contribution is 5.94. The fourth-order valence-electron chi connectivity index (χ4n) is 4.10. The molecule has 0 spiro atoms. The summed E-state index contributed by atoms with van der Waals surface area (Å²) in [6, 6.07) is 5.69. The maximum atomic E-state index is 12.8. The number of hydrogen-bond donors (Lipinski definition) is 2. The molecule has 3 aliphatic rings. The van der Waals surface area contributed by atoms with Crippen LogP contribution < -0.4 is 14.8 Å². The molecule has 1 aromatic carbocycles. The van der Waals surface area contributed by atoms with Crippen molar-refractivity contribution in [1.29, 1.82) is 0 Å². The van der Waals surface area contributed by atoms with Gasteiger partial charge in [0.25, 0.3) is 5.91 Å². The summed E-state index contributed by atoms with van der Waals surface area (Å²) in [5, 5.41) is 10.5. The number of fused-ring (bicyclic) bond motifs is 4. The van der Waals surface area contributed by atoms with Crippen LogP contribution in [0.15, 0.2) is 18.2 Å². The summed E-state index contributed by atoms with van der Waals surface area (Å²) in [5.74, 6) is 2.67. The summed E-state index contributed by atoms with van der Waals surface area (Å²) in [6.07, 6.45) is 2.96. The van der Waals surface area contributed by atoms with Crippen LogP contribution in [0, 0.1) is 5.92 Å². The van der Waals surface area contributed by atoms with Crippen LogP contribution in [0.2, 0.25) is 0 Å². The van der Waals surface area contributed by atoms with Gasteiger partial charge in [0.2, 0.25) is 0 Å². The Hall–Kier alpha value is -2.50. The maximum Gasteiger partial charge on any atom is 0.272 e. The lowest BCUT2D eigenvalue weighted by molar-refractivity contribution is 0.0918. The van der Waals surface area contributed by atoms with Crippen LogP contribution in [-0.4, -0.2) is 29.8 Å². The second kappa shape index (κ2) is 5.00. The highest BCUT2D eigenvalue weighted by Crippen LogP contribution is 2.56. The van der Waals surface area contributed by atoms with Crippen molar-refractivity contribution in [3.05, 3.63) is 40.7 Å². The van der Waals surface area contributed by atoms with Gasteiger partial charge in [-0.2, -0.15) is 5.10 Å². The Morgan fingerprint density at radius 1 is 1.46 bits per heavy atom. The molecule has 1 saturated carbocycles. The first-order chi connectivity index (χ1) is 11.8. The van der Waals surface area contributed by atoms with E-state index in [1.165, 1.54) is 12.1 Å². The Morgan fingerprint density at radius 3 is 3.25 bits per heavy atom. The first-order valence-corrected chi connectivity index (χ1v) is 8.44. The van der Waals surface area contributed by atoms with Crippen LogP contribution in [0.3, 0.4) is 0 Å². The van der Waals surface area contributed by atoms with Crippen LogP contribution in [-0.2, 0) is 6.42 Å². The number of para-hydroxylation sites is 1. The third-order valence-electron chi connectivity index (χ3n) is 5.44. The fourth-order valence-corrected chi connectivity index (χ4v) is 4.10. The molecule has 2 N–H and O–H groups in total. The number of H-pyrrole nitrogens is 1. The van der Waals surface area contributed by atoms with E-state index in [9.17, 15) is 4.79 Å². The van der Waals surface area contributed by atoms with Crippen molar-refractivity contribution in [2.45, 2.75) is 31.2 Å². The summed E-state index contributed by atoms with van der Waals surface area (Å²) < 4.78 is 11.1. The van der Waals surface area contributed by atoms with Gasteiger partial charge in [-0.05, 0) is 24.8 Å². The topological polar surface area (TPSA) is 76.2 Å². The second-order valence-corrected chi connectivity index (χ2v) is 6.81. The van der Waals surface area contributed by atoms with Gasteiger partial charge in [0.1, 0.15) is 0 Å². The predicted molar refractivity (Wildman–Crippen MR) is 86.5 cm³/mol. The van der Waals surface area contributed by atoms with Crippen molar-refractivity contribution < 1.29 is 14.3 Å². The zero-order valence-corrected chi connectivity index (χ0v) is 13.5. The number of hydrogen-bond acceptors (Lipinski definition) is 4. The minimum Gasteiger partial charge on any atom is -0.493 e. The SMILES string of the molecule is COc1cccc2c1OCCC2NC(=O)c1n[nH]c2c1C[C@H]1C[C@@H]21. The monoisotopic (exact) mass is 325 g/mol. The molecule has 2 aliphatic carbocycles. The lowest BCUT2D eigenvalue weighted by atomic mass is 9.99. The average molecular weight is 325 g/mol. The number of aromatic nitrogens is 2. The van der Waals surface area contributed by atoms with Gasteiger partial charge in [0.15, 0.2) is 17.2 Å². The standard InChI is InChI=1S/C18H19N3O3/c1-23-14-4-2-3-10-13(5-6-24-17(10)14)19-18(22)16-12-8-9-7-11(9)15(12)20-21-16/h2-4,9,11,13H,5-8H2,1H3,(H,19,22)(H,20,21)/t9-,11-,13?/m1/s1. The van der Waals surface area contributed by atoms with Crippen molar-refractivity contribution in [1.82, 2.24) is 15.5 Å². The smallest absolute Gasteiger partial charge is 0.272 e. The largest absolute Gasteiger partial charge is 0.493 e. The Bertz CT molecular complexity index is 829. The van der Waals surface area contributed by atoms with Gasteiger partial charge < -0.3 is 14.8 Å². The lowest BCUT2D eigenvalue weighted by Gasteiger charge is -2.27. The second-order valence-electron chi connectivity index (χ2n) is 6.81. The molecule has 0 bridgehead atoms. The van der Waals surface area contributed by atoms with E-state index in [1.807, 2.05) is 18.2 Å². The van der Waals surface area contributed by atoms with Crippen molar-refractivity contribution in [3.8, 4) is 11.5 Å². The lowest BCUT2D eigenvalue weighted by Crippen LogP contribution is -2.33. The number of carbonyl (C=O) groups is 1. The Labute approximate surface area is 139 Å². The molecule has 0 saturated heterocycles. The van der Waals surface area contributed by atoms with E-state index in [0.29, 0.717) is 24.0 Å². The van der Waals surface area contributed by atoms with E-state index in [-0.39, 0.29) is 11.9 Å². The zero-order valence-electron chi connectivity index (χ0n) is 13.5. The highest BCUT2D eigenvalue weighted by Gasteiger charge is 2.48. The van der Waals surface area contributed by atoms with Gasteiger partial charge in [0.05, 0.1) is 19.8 Å². The van der Waals surface area contributed by atoms with E-state index in [4.69, 9.17) is 9.47 Å². The van der Waals surface area contributed by atoms with Crippen molar-refractivity contribution in [2.24, 2.45) is 5.92 Å². The van der Waals surface area contributed by atoms with Gasteiger partial charge >= 0.3 is 0 Å². The summed E-state index contributed by atoms with van der Waals surface area (Å²) in [6.45, 7) is 0.557. The van der Waals surface area contributed by atoms with Crippen LogP contribution >= 0.6 is 0 Å².